The number of halogens is 1. The molecule has 100 valence electrons. The van der Waals surface area contributed by atoms with Crippen LogP contribution < -0.4 is 5.73 Å². The Morgan fingerprint density at radius 2 is 1.94 bits per heavy atom. The summed E-state index contributed by atoms with van der Waals surface area (Å²) in [6, 6.07) is 7.51. The van der Waals surface area contributed by atoms with Crippen LogP contribution in [0.2, 0.25) is 5.02 Å². The van der Waals surface area contributed by atoms with Crippen molar-refractivity contribution < 1.29 is 0 Å². The number of likely N-dealkylation sites (tertiary alicyclic amines) is 1. The van der Waals surface area contributed by atoms with Crippen LogP contribution in [-0.4, -0.2) is 17.0 Å². The van der Waals surface area contributed by atoms with E-state index in [1.165, 1.54) is 24.8 Å². The van der Waals surface area contributed by atoms with E-state index < -0.39 is 0 Å². The van der Waals surface area contributed by atoms with Gasteiger partial charge in [0.2, 0.25) is 0 Å². The number of rotatable bonds is 3. The average molecular weight is 267 g/mol. The van der Waals surface area contributed by atoms with Gasteiger partial charge < -0.3 is 5.73 Å². The molecule has 0 aliphatic carbocycles. The molecule has 1 aliphatic heterocycles. The lowest BCUT2D eigenvalue weighted by molar-refractivity contribution is 0.0953. The largest absolute Gasteiger partial charge is 0.326 e. The van der Waals surface area contributed by atoms with Crippen LogP contribution in [0.15, 0.2) is 18.2 Å². The quantitative estimate of drug-likeness (QED) is 0.906. The van der Waals surface area contributed by atoms with E-state index in [0.717, 1.165) is 17.1 Å². The van der Waals surface area contributed by atoms with Gasteiger partial charge in [-0.1, -0.05) is 30.2 Å². The third kappa shape index (κ3) is 3.05. The highest BCUT2D eigenvalue weighted by molar-refractivity contribution is 6.31. The monoisotopic (exact) mass is 266 g/mol. The summed E-state index contributed by atoms with van der Waals surface area (Å²) in [6.45, 7) is 6.14. The third-order valence-corrected chi connectivity index (χ3v) is 4.43. The van der Waals surface area contributed by atoms with Crippen LogP contribution in [-0.2, 0) is 13.1 Å². The predicted octanol–water partition coefficient (Wildman–Crippen LogP) is 3.56. The molecule has 0 radical (unpaired) electrons. The van der Waals surface area contributed by atoms with Gasteiger partial charge in [0.1, 0.15) is 0 Å². The summed E-state index contributed by atoms with van der Waals surface area (Å²) in [4.78, 5) is 2.56. The van der Waals surface area contributed by atoms with E-state index in [-0.39, 0.29) is 0 Å². The van der Waals surface area contributed by atoms with Crippen LogP contribution in [0.1, 0.15) is 44.2 Å². The van der Waals surface area contributed by atoms with Gasteiger partial charge in [-0.25, -0.2) is 0 Å². The second-order valence-corrected chi connectivity index (χ2v) is 5.84. The lowest BCUT2D eigenvalue weighted by Gasteiger charge is -2.39. The average Bonchev–Trinajstić information content (AvgIpc) is 2.35. The molecule has 2 nitrogen and oxygen atoms in total. The fraction of sp³-hybridized carbons (Fsp3) is 0.600. The van der Waals surface area contributed by atoms with Gasteiger partial charge in [0, 0.05) is 30.2 Å². The molecular weight excluding hydrogens is 244 g/mol. The van der Waals surface area contributed by atoms with Crippen molar-refractivity contribution in [1.29, 1.82) is 0 Å². The summed E-state index contributed by atoms with van der Waals surface area (Å²) in [5, 5.41) is 0.850. The molecule has 0 aromatic heterocycles. The zero-order chi connectivity index (χ0) is 13.1. The first-order chi connectivity index (χ1) is 8.61. The lowest BCUT2D eigenvalue weighted by Crippen LogP contribution is -2.43. The summed E-state index contributed by atoms with van der Waals surface area (Å²) in [5.41, 5.74) is 7.95. The first-order valence-corrected chi connectivity index (χ1v) is 7.22. The van der Waals surface area contributed by atoms with Crippen molar-refractivity contribution in [2.75, 3.05) is 0 Å². The van der Waals surface area contributed by atoms with E-state index in [2.05, 4.69) is 30.9 Å². The van der Waals surface area contributed by atoms with Crippen LogP contribution in [0.25, 0.3) is 0 Å². The topological polar surface area (TPSA) is 29.3 Å². The number of nitrogens with zero attached hydrogens (tertiary/aromatic N) is 1. The molecule has 1 fully saturated rings. The van der Waals surface area contributed by atoms with E-state index >= 15 is 0 Å². The molecule has 1 aromatic carbocycles. The lowest BCUT2D eigenvalue weighted by atomic mass is 9.96. The maximum absolute atomic E-state index is 6.34. The van der Waals surface area contributed by atoms with Crippen molar-refractivity contribution in [2.45, 2.75) is 58.3 Å². The van der Waals surface area contributed by atoms with Gasteiger partial charge in [-0.3, -0.25) is 4.90 Å². The number of benzene rings is 1. The molecule has 0 spiro atoms. The highest BCUT2D eigenvalue weighted by Gasteiger charge is 2.24. The number of nitrogens with two attached hydrogens (primary N) is 1. The van der Waals surface area contributed by atoms with Crippen LogP contribution in [0, 0.1) is 0 Å². The van der Waals surface area contributed by atoms with Gasteiger partial charge in [0.05, 0.1) is 0 Å². The molecule has 0 saturated carbocycles. The Bertz CT molecular complexity index is 395. The molecule has 1 heterocycles. The van der Waals surface area contributed by atoms with Gasteiger partial charge in [-0.2, -0.15) is 0 Å². The maximum Gasteiger partial charge on any atom is 0.0454 e. The van der Waals surface area contributed by atoms with Crippen molar-refractivity contribution in [3.05, 3.63) is 34.3 Å². The molecular formula is C15H23ClN2. The molecule has 3 heteroatoms. The number of piperidine rings is 1. The fourth-order valence-corrected chi connectivity index (χ4v) is 3.09. The normalized spacial score (nSPS) is 25.3. The van der Waals surface area contributed by atoms with Gasteiger partial charge in [-0.05, 0) is 43.9 Å². The highest BCUT2D eigenvalue weighted by Crippen LogP contribution is 2.27. The first kappa shape index (κ1) is 13.9. The van der Waals surface area contributed by atoms with Crippen molar-refractivity contribution in [2.24, 2.45) is 5.73 Å². The smallest absolute Gasteiger partial charge is 0.0454 e. The first-order valence-electron chi connectivity index (χ1n) is 6.85. The van der Waals surface area contributed by atoms with Gasteiger partial charge in [0.25, 0.3) is 0 Å². The summed E-state index contributed by atoms with van der Waals surface area (Å²) >= 11 is 6.34. The second kappa shape index (κ2) is 6.05. The van der Waals surface area contributed by atoms with Crippen molar-refractivity contribution >= 4 is 11.6 Å². The van der Waals surface area contributed by atoms with Gasteiger partial charge in [-0.15, -0.1) is 0 Å². The molecule has 1 aliphatic rings. The maximum atomic E-state index is 6.34. The molecule has 1 saturated heterocycles. The predicted molar refractivity (Wildman–Crippen MR) is 77.7 cm³/mol. The Morgan fingerprint density at radius 3 is 2.50 bits per heavy atom. The SMILES string of the molecule is CC1CCCC(C)N1Cc1ccc(CN)cc1Cl. The molecule has 2 rings (SSSR count). The fourth-order valence-electron chi connectivity index (χ4n) is 2.83. The Kier molecular flexibility index (Phi) is 4.66. The second-order valence-electron chi connectivity index (χ2n) is 5.43. The Morgan fingerprint density at radius 1 is 1.28 bits per heavy atom. The molecule has 2 N–H and O–H groups in total. The van der Waals surface area contributed by atoms with E-state index in [0.29, 0.717) is 18.6 Å². The van der Waals surface area contributed by atoms with Crippen molar-refractivity contribution in [1.82, 2.24) is 4.90 Å². The molecule has 1 aromatic rings. The number of hydrogen-bond donors (Lipinski definition) is 1. The van der Waals surface area contributed by atoms with Crippen LogP contribution in [0.4, 0.5) is 0 Å². The summed E-state index contributed by atoms with van der Waals surface area (Å²) in [5.74, 6) is 0. The molecule has 18 heavy (non-hydrogen) atoms. The minimum absolute atomic E-state index is 0.552. The van der Waals surface area contributed by atoms with Gasteiger partial charge in [0.15, 0.2) is 0 Å². The summed E-state index contributed by atoms with van der Waals surface area (Å²) in [7, 11) is 0. The van der Waals surface area contributed by atoms with Crippen molar-refractivity contribution in [3.8, 4) is 0 Å². The Balaban J connectivity index is 2.12. The third-order valence-electron chi connectivity index (χ3n) is 4.08. The van der Waals surface area contributed by atoms with E-state index in [9.17, 15) is 0 Å². The van der Waals surface area contributed by atoms with Crippen LogP contribution >= 0.6 is 11.6 Å². The zero-order valence-electron chi connectivity index (χ0n) is 11.3. The standard InChI is InChI=1S/C15H23ClN2/c1-11-4-3-5-12(2)18(11)10-14-7-6-13(9-17)8-15(14)16/h6-8,11-12H,3-5,9-10,17H2,1-2H3. The number of hydrogen-bond acceptors (Lipinski definition) is 2. The van der Waals surface area contributed by atoms with E-state index in [1.807, 2.05) is 6.07 Å². The zero-order valence-corrected chi connectivity index (χ0v) is 12.1. The van der Waals surface area contributed by atoms with Crippen LogP contribution in [0.3, 0.4) is 0 Å². The minimum Gasteiger partial charge on any atom is -0.326 e. The molecule has 0 bridgehead atoms. The minimum atomic E-state index is 0.552. The summed E-state index contributed by atoms with van der Waals surface area (Å²) in [6.07, 6.45) is 3.93. The van der Waals surface area contributed by atoms with E-state index in [1.54, 1.807) is 0 Å². The summed E-state index contributed by atoms with van der Waals surface area (Å²) < 4.78 is 0. The van der Waals surface area contributed by atoms with Crippen molar-refractivity contribution in [3.63, 3.8) is 0 Å². The molecule has 0 amide bonds. The van der Waals surface area contributed by atoms with Gasteiger partial charge >= 0.3 is 0 Å². The van der Waals surface area contributed by atoms with Crippen LogP contribution in [0.5, 0.6) is 0 Å². The van der Waals surface area contributed by atoms with E-state index in [4.69, 9.17) is 17.3 Å². The Hall–Kier alpha value is -0.570. The molecule has 2 atom stereocenters. The Labute approximate surface area is 115 Å². The highest BCUT2D eigenvalue weighted by atomic mass is 35.5. The molecule has 2 unspecified atom stereocenters.